The zero-order valence-electron chi connectivity index (χ0n) is 39.9. The van der Waals surface area contributed by atoms with Crippen molar-refractivity contribution in [3.63, 3.8) is 0 Å². The molecule has 9 aromatic carbocycles. The Morgan fingerprint density at radius 3 is 0.699 bits per heavy atom. The van der Waals surface area contributed by atoms with E-state index in [-0.39, 0.29) is 20.1 Å². The molecule has 3 nitrogen and oxygen atoms in total. The first-order chi connectivity index (χ1) is 35.7. The van der Waals surface area contributed by atoms with Gasteiger partial charge in [-0.05, 0) is 104 Å². The van der Waals surface area contributed by atoms with Crippen molar-refractivity contribution in [1.82, 2.24) is 15.0 Å². The zero-order valence-corrected chi connectivity index (χ0v) is 42.3. The van der Waals surface area contributed by atoms with Crippen LogP contribution in [-0.4, -0.2) is 15.0 Å². The van der Waals surface area contributed by atoms with Gasteiger partial charge in [-0.25, -0.2) is 0 Å². The predicted octanol–water partition coefficient (Wildman–Crippen LogP) is 17.6. The number of aromatic nitrogens is 3. The fraction of sp³-hybridized carbons (Fsp3) is 0. The molecule has 0 amide bonds. The minimum atomic E-state index is 0. The third kappa shape index (κ3) is 12.9. The maximum Gasteiger partial charge on any atom is 3.00 e. The second-order valence-electron chi connectivity index (χ2n) is 17.0. The number of benzene rings is 9. The first-order valence-electron chi connectivity index (χ1n) is 24.0. The summed E-state index contributed by atoms with van der Waals surface area (Å²) < 4.78 is 0. The summed E-state index contributed by atoms with van der Waals surface area (Å²) in [6.45, 7) is 0. The van der Waals surface area contributed by atoms with E-state index >= 15 is 0 Å². The molecule has 12 rings (SSSR count). The average Bonchev–Trinajstić information content (AvgIpc) is 3.49. The molecule has 3 heterocycles. The second-order valence-corrected chi connectivity index (χ2v) is 17.0. The molecule has 73 heavy (non-hydrogen) atoms. The summed E-state index contributed by atoms with van der Waals surface area (Å²) in [6.07, 6.45) is 5.43. The van der Waals surface area contributed by atoms with E-state index in [4.69, 9.17) is 0 Å². The van der Waals surface area contributed by atoms with Gasteiger partial charge >= 0.3 is 20.1 Å². The van der Waals surface area contributed by atoms with Gasteiger partial charge < -0.3 is 15.0 Å². The first-order valence-corrected chi connectivity index (χ1v) is 24.0. The molecule has 0 N–H and O–H groups in total. The Labute approximate surface area is 442 Å². The molecule has 0 saturated carbocycles. The van der Waals surface area contributed by atoms with Gasteiger partial charge in [0.15, 0.2) is 0 Å². The topological polar surface area (TPSA) is 38.7 Å². The molecular formula is C69H48IrN3. The summed E-state index contributed by atoms with van der Waals surface area (Å²) in [7, 11) is 0. The Kier molecular flexibility index (Phi) is 16.6. The molecule has 0 aliphatic rings. The van der Waals surface area contributed by atoms with E-state index in [9.17, 15) is 0 Å². The van der Waals surface area contributed by atoms with Crippen LogP contribution in [-0.2, 0) is 20.1 Å². The molecule has 0 spiro atoms. The molecule has 0 aliphatic heterocycles. The number of hydrogen-bond acceptors (Lipinski definition) is 3. The Hall–Kier alpha value is -8.92. The van der Waals surface area contributed by atoms with Gasteiger partial charge in [0.1, 0.15) is 0 Å². The van der Waals surface area contributed by atoms with Crippen LogP contribution in [0.1, 0.15) is 0 Å². The van der Waals surface area contributed by atoms with Crippen LogP contribution in [0.2, 0.25) is 0 Å². The maximum absolute atomic E-state index is 4.42. The fourth-order valence-corrected chi connectivity index (χ4v) is 8.47. The molecule has 0 unspecified atom stereocenters. The summed E-state index contributed by atoms with van der Waals surface area (Å²) in [5.74, 6) is 0. The van der Waals surface area contributed by atoms with E-state index in [0.29, 0.717) is 0 Å². The van der Waals surface area contributed by atoms with Gasteiger partial charge in [0.25, 0.3) is 0 Å². The normalized spacial score (nSPS) is 10.4. The minimum absolute atomic E-state index is 0. The Morgan fingerprint density at radius 2 is 0.438 bits per heavy atom. The van der Waals surface area contributed by atoms with Crippen LogP contribution in [0.15, 0.2) is 292 Å². The zero-order chi connectivity index (χ0) is 48.6. The van der Waals surface area contributed by atoms with Gasteiger partial charge in [-0.2, -0.15) is 0 Å². The summed E-state index contributed by atoms with van der Waals surface area (Å²) >= 11 is 0. The van der Waals surface area contributed by atoms with Crippen molar-refractivity contribution in [3.05, 3.63) is 310 Å². The standard InChI is InChI=1S/3C23H16N.Ir/c3*1-2-8-18(9-3-1)19-10-6-11-20(16-19)21-12-7-13-22(17-21)23-14-4-5-15-24-23;/h3*1-12,14-17H;/q3*-1;+3. The second kappa shape index (κ2) is 24.8. The molecule has 12 aromatic rings. The van der Waals surface area contributed by atoms with E-state index in [0.717, 1.165) is 33.8 Å². The molecule has 0 aliphatic carbocycles. The quantitative estimate of drug-likeness (QED) is 0.135. The van der Waals surface area contributed by atoms with Crippen molar-refractivity contribution in [1.29, 1.82) is 0 Å². The summed E-state index contributed by atoms with van der Waals surface area (Å²) in [6, 6.07) is 103. The average molecular weight is 1110 g/mol. The van der Waals surface area contributed by atoms with E-state index < -0.39 is 0 Å². The van der Waals surface area contributed by atoms with E-state index in [1.165, 1.54) is 66.8 Å². The molecule has 0 atom stereocenters. The van der Waals surface area contributed by atoms with Crippen LogP contribution in [0.3, 0.4) is 0 Å². The van der Waals surface area contributed by atoms with Crippen LogP contribution in [0.4, 0.5) is 0 Å². The smallest absolute Gasteiger partial charge is 0.305 e. The van der Waals surface area contributed by atoms with Crippen LogP contribution in [0, 0.1) is 18.2 Å². The van der Waals surface area contributed by atoms with Crippen LogP contribution in [0.25, 0.3) is 101 Å². The van der Waals surface area contributed by atoms with Gasteiger partial charge in [-0.3, -0.25) is 0 Å². The number of rotatable bonds is 9. The summed E-state index contributed by atoms with van der Waals surface area (Å²) in [5, 5.41) is 0. The summed E-state index contributed by atoms with van der Waals surface area (Å²) in [4.78, 5) is 13.3. The summed E-state index contributed by atoms with van der Waals surface area (Å²) in [5.41, 5.74) is 20.3. The third-order valence-electron chi connectivity index (χ3n) is 12.1. The van der Waals surface area contributed by atoms with Crippen molar-refractivity contribution < 1.29 is 20.1 Å². The van der Waals surface area contributed by atoms with Gasteiger partial charge in [0.2, 0.25) is 0 Å². The Morgan fingerprint density at radius 1 is 0.205 bits per heavy atom. The SMILES string of the molecule is [Ir+3].[c-]1ccc(-c2cccc(-c3ccccc3)c2)cc1-c1ccccn1.[c-]1ccc(-c2cccc(-c3ccccc3)c2)cc1-c1ccccn1.[c-]1ccc(-c2cccc(-c3ccccc3)c2)cc1-c1ccccn1. The monoisotopic (exact) mass is 1110 g/mol. The Bertz CT molecular complexity index is 2980. The van der Waals surface area contributed by atoms with Crippen molar-refractivity contribution in [2.75, 3.05) is 0 Å². The fourth-order valence-electron chi connectivity index (χ4n) is 8.47. The Balaban J connectivity index is 0.000000134. The minimum Gasteiger partial charge on any atom is -0.305 e. The number of hydrogen-bond donors (Lipinski definition) is 0. The molecule has 0 saturated heterocycles. The van der Waals surface area contributed by atoms with Crippen LogP contribution >= 0.6 is 0 Å². The largest absolute Gasteiger partial charge is 3.00 e. The van der Waals surface area contributed by atoms with Crippen LogP contribution < -0.4 is 0 Å². The van der Waals surface area contributed by atoms with Crippen LogP contribution in [0.5, 0.6) is 0 Å². The molecule has 0 radical (unpaired) electrons. The van der Waals surface area contributed by atoms with Gasteiger partial charge in [-0.15, -0.1) is 106 Å². The van der Waals surface area contributed by atoms with Gasteiger partial charge in [0, 0.05) is 18.6 Å². The maximum atomic E-state index is 4.42. The van der Waals surface area contributed by atoms with E-state index in [1.54, 1.807) is 0 Å². The first kappa shape index (κ1) is 49.1. The number of pyridine rings is 3. The number of nitrogens with zero attached hydrogens (tertiary/aromatic N) is 3. The predicted molar refractivity (Wildman–Crippen MR) is 298 cm³/mol. The van der Waals surface area contributed by atoms with Crippen molar-refractivity contribution in [2.24, 2.45) is 0 Å². The van der Waals surface area contributed by atoms with Crippen molar-refractivity contribution in [3.8, 4) is 101 Å². The van der Waals surface area contributed by atoms with Crippen molar-refractivity contribution in [2.45, 2.75) is 0 Å². The molecule has 348 valence electrons. The molecule has 4 heteroatoms. The van der Waals surface area contributed by atoms with Crippen molar-refractivity contribution >= 4 is 0 Å². The van der Waals surface area contributed by atoms with E-state index in [1.807, 2.05) is 110 Å². The van der Waals surface area contributed by atoms with Gasteiger partial charge in [0.05, 0.1) is 0 Å². The molecule has 0 fully saturated rings. The molecule has 3 aromatic heterocycles. The van der Waals surface area contributed by atoms with Gasteiger partial charge in [-0.1, -0.05) is 182 Å². The molecular weight excluding hydrogens is 1060 g/mol. The molecule has 0 bridgehead atoms. The van der Waals surface area contributed by atoms with E-state index in [2.05, 4.69) is 215 Å². The third-order valence-corrected chi connectivity index (χ3v) is 12.1.